The molecule has 1 amide bonds. The minimum Gasteiger partial charge on any atom is -0.486 e. The molecule has 0 bridgehead atoms. The first-order valence-electron chi connectivity index (χ1n) is 9.81. The van der Waals surface area contributed by atoms with Gasteiger partial charge in [0.05, 0.1) is 21.1 Å². The molecule has 0 atom stereocenters. The third-order valence-corrected chi connectivity index (χ3v) is 6.13. The number of ether oxygens (including phenoxy) is 3. The number of para-hydroxylation sites is 1. The zero-order valence-corrected chi connectivity index (χ0v) is 17.7. The summed E-state index contributed by atoms with van der Waals surface area (Å²) in [6.07, 6.45) is 3.13. The van der Waals surface area contributed by atoms with Gasteiger partial charge in [-0.1, -0.05) is 48.2 Å². The number of amides is 1. The molecule has 30 heavy (non-hydrogen) atoms. The van der Waals surface area contributed by atoms with E-state index >= 15 is 0 Å². The fourth-order valence-electron chi connectivity index (χ4n) is 3.99. The predicted molar refractivity (Wildman–Crippen MR) is 114 cm³/mol. The van der Waals surface area contributed by atoms with E-state index in [2.05, 4.69) is 5.32 Å². The van der Waals surface area contributed by atoms with Crippen molar-refractivity contribution < 1.29 is 23.8 Å². The first-order valence-corrected chi connectivity index (χ1v) is 10.6. The average Bonchev–Trinajstić information content (AvgIpc) is 3.26. The second-order valence-corrected chi connectivity index (χ2v) is 8.18. The van der Waals surface area contributed by atoms with Gasteiger partial charge in [0.25, 0.3) is 5.91 Å². The Labute approximate surface area is 184 Å². The van der Waals surface area contributed by atoms with Crippen LogP contribution >= 0.6 is 23.2 Å². The van der Waals surface area contributed by atoms with E-state index in [1.54, 1.807) is 18.2 Å². The number of halogens is 2. The Kier molecular flexibility index (Phi) is 6.06. The highest BCUT2D eigenvalue weighted by Gasteiger charge is 2.45. The van der Waals surface area contributed by atoms with Gasteiger partial charge in [0, 0.05) is 0 Å². The summed E-state index contributed by atoms with van der Waals surface area (Å²) in [5.74, 6) is 0.372. The Bertz CT molecular complexity index is 952. The smallest absolute Gasteiger partial charge is 0.317 e. The van der Waals surface area contributed by atoms with Gasteiger partial charge in [-0.15, -0.1) is 0 Å². The number of rotatable bonds is 5. The third kappa shape index (κ3) is 4.07. The molecule has 2 aromatic rings. The van der Waals surface area contributed by atoms with E-state index in [9.17, 15) is 9.59 Å². The van der Waals surface area contributed by atoms with Crippen molar-refractivity contribution in [1.82, 2.24) is 0 Å². The molecule has 8 heteroatoms. The van der Waals surface area contributed by atoms with E-state index in [-0.39, 0.29) is 0 Å². The second-order valence-electron chi connectivity index (χ2n) is 7.37. The van der Waals surface area contributed by atoms with Gasteiger partial charge in [0.15, 0.2) is 18.1 Å². The molecule has 0 radical (unpaired) electrons. The summed E-state index contributed by atoms with van der Waals surface area (Å²) in [6, 6.07) is 10.5. The van der Waals surface area contributed by atoms with E-state index in [0.29, 0.717) is 53.3 Å². The molecule has 2 aromatic carbocycles. The monoisotopic (exact) mass is 449 g/mol. The summed E-state index contributed by atoms with van der Waals surface area (Å²) in [6.45, 7) is 0.551. The predicted octanol–water partition coefficient (Wildman–Crippen LogP) is 4.76. The Morgan fingerprint density at radius 2 is 1.67 bits per heavy atom. The maximum Gasteiger partial charge on any atom is 0.317 e. The summed E-state index contributed by atoms with van der Waals surface area (Å²) < 4.78 is 16.7. The van der Waals surface area contributed by atoms with Crippen molar-refractivity contribution in [2.45, 2.75) is 31.1 Å². The van der Waals surface area contributed by atoms with Gasteiger partial charge in [0.2, 0.25) is 0 Å². The molecule has 4 rings (SSSR count). The molecule has 1 heterocycles. The summed E-state index contributed by atoms with van der Waals surface area (Å²) in [7, 11) is 0. The van der Waals surface area contributed by atoms with Crippen LogP contribution in [0.5, 0.6) is 11.5 Å². The zero-order chi connectivity index (χ0) is 21.1. The van der Waals surface area contributed by atoms with Crippen LogP contribution in [0.4, 0.5) is 5.69 Å². The quantitative estimate of drug-likeness (QED) is 0.666. The lowest BCUT2D eigenvalue weighted by molar-refractivity contribution is -0.153. The van der Waals surface area contributed by atoms with Gasteiger partial charge in [-0.3, -0.25) is 9.59 Å². The first-order chi connectivity index (χ1) is 14.5. The number of hydrogen-bond acceptors (Lipinski definition) is 5. The standard InChI is InChI=1S/C22H21Cl2NO5/c23-15-4-3-5-16(24)20(15)25-19(26)13-30-21(27)22(8-1-2-9-22)14-6-7-17-18(12-14)29-11-10-28-17/h3-7,12H,1-2,8-11,13H2,(H,25,26). The van der Waals surface area contributed by atoms with Crippen molar-refractivity contribution >= 4 is 40.8 Å². The lowest BCUT2D eigenvalue weighted by Gasteiger charge is -2.28. The molecule has 1 fully saturated rings. The first kappa shape index (κ1) is 20.8. The maximum absolute atomic E-state index is 13.1. The van der Waals surface area contributed by atoms with E-state index in [1.807, 2.05) is 18.2 Å². The summed E-state index contributed by atoms with van der Waals surface area (Å²) in [4.78, 5) is 25.4. The van der Waals surface area contributed by atoms with Crippen molar-refractivity contribution in [1.29, 1.82) is 0 Å². The van der Waals surface area contributed by atoms with Gasteiger partial charge >= 0.3 is 5.97 Å². The molecule has 0 saturated heterocycles. The lowest BCUT2D eigenvalue weighted by Crippen LogP contribution is -2.36. The van der Waals surface area contributed by atoms with Crippen LogP contribution < -0.4 is 14.8 Å². The third-order valence-electron chi connectivity index (χ3n) is 5.50. The Hall–Kier alpha value is -2.44. The van der Waals surface area contributed by atoms with Gasteiger partial charge in [-0.2, -0.15) is 0 Å². The number of carbonyl (C=O) groups is 2. The number of hydrogen-bond donors (Lipinski definition) is 1. The van der Waals surface area contributed by atoms with Crippen LogP contribution in [0.25, 0.3) is 0 Å². The molecular formula is C22H21Cl2NO5. The Morgan fingerprint density at radius 3 is 2.37 bits per heavy atom. The summed E-state index contributed by atoms with van der Waals surface area (Å²) >= 11 is 12.1. The van der Waals surface area contributed by atoms with Crippen LogP contribution in [0.1, 0.15) is 31.2 Å². The van der Waals surface area contributed by atoms with Crippen LogP contribution in [0.3, 0.4) is 0 Å². The fourth-order valence-corrected chi connectivity index (χ4v) is 4.48. The molecule has 1 aliphatic carbocycles. The lowest BCUT2D eigenvalue weighted by atomic mass is 9.78. The van der Waals surface area contributed by atoms with E-state index in [4.69, 9.17) is 37.4 Å². The van der Waals surface area contributed by atoms with Gasteiger partial charge in [-0.05, 0) is 42.7 Å². The highest BCUT2D eigenvalue weighted by atomic mass is 35.5. The van der Waals surface area contributed by atoms with E-state index in [0.717, 1.165) is 18.4 Å². The van der Waals surface area contributed by atoms with Crippen molar-refractivity contribution in [2.75, 3.05) is 25.1 Å². The van der Waals surface area contributed by atoms with Gasteiger partial charge in [-0.25, -0.2) is 0 Å². The molecule has 6 nitrogen and oxygen atoms in total. The van der Waals surface area contributed by atoms with Gasteiger partial charge in [0.1, 0.15) is 13.2 Å². The number of carbonyl (C=O) groups excluding carboxylic acids is 2. The van der Waals surface area contributed by atoms with Crippen LogP contribution in [-0.4, -0.2) is 31.7 Å². The molecule has 0 aromatic heterocycles. The molecule has 0 spiro atoms. The molecular weight excluding hydrogens is 429 g/mol. The topological polar surface area (TPSA) is 73.9 Å². The van der Waals surface area contributed by atoms with Crippen molar-refractivity contribution in [3.63, 3.8) is 0 Å². The highest BCUT2D eigenvalue weighted by molar-refractivity contribution is 6.39. The highest BCUT2D eigenvalue weighted by Crippen LogP contribution is 2.45. The Balaban J connectivity index is 1.47. The Morgan fingerprint density at radius 1 is 1.00 bits per heavy atom. The maximum atomic E-state index is 13.1. The van der Waals surface area contributed by atoms with E-state index < -0.39 is 23.9 Å². The largest absolute Gasteiger partial charge is 0.486 e. The summed E-state index contributed by atoms with van der Waals surface area (Å²) in [5.41, 5.74) is 0.325. The van der Waals surface area contributed by atoms with Crippen LogP contribution in [0, 0.1) is 0 Å². The molecule has 1 N–H and O–H groups in total. The van der Waals surface area contributed by atoms with Crippen molar-refractivity contribution in [2.24, 2.45) is 0 Å². The van der Waals surface area contributed by atoms with Crippen molar-refractivity contribution in [3.8, 4) is 11.5 Å². The molecule has 0 unspecified atom stereocenters. The van der Waals surface area contributed by atoms with Crippen LogP contribution in [-0.2, 0) is 19.7 Å². The zero-order valence-electron chi connectivity index (χ0n) is 16.2. The number of anilines is 1. The normalized spacial score (nSPS) is 16.7. The summed E-state index contributed by atoms with van der Waals surface area (Å²) in [5, 5.41) is 3.22. The minimum absolute atomic E-state index is 0.296. The van der Waals surface area contributed by atoms with Gasteiger partial charge < -0.3 is 19.5 Å². The fraction of sp³-hybridized carbons (Fsp3) is 0.364. The SMILES string of the molecule is O=C(COC(=O)C1(c2ccc3c(c2)OCCO3)CCCC1)Nc1c(Cl)cccc1Cl. The molecule has 1 aliphatic heterocycles. The molecule has 158 valence electrons. The second kappa shape index (κ2) is 8.74. The van der Waals surface area contributed by atoms with Crippen LogP contribution in [0.2, 0.25) is 10.0 Å². The number of esters is 1. The number of fused-ring (bicyclic) bond motifs is 1. The van der Waals surface area contributed by atoms with Crippen LogP contribution in [0.15, 0.2) is 36.4 Å². The van der Waals surface area contributed by atoms with E-state index in [1.165, 1.54) is 0 Å². The van der Waals surface area contributed by atoms with Crippen molar-refractivity contribution in [3.05, 3.63) is 52.0 Å². The molecule has 1 saturated carbocycles. The molecule has 2 aliphatic rings. The number of benzene rings is 2. The average molecular weight is 450 g/mol. The minimum atomic E-state index is -0.793. The number of nitrogens with one attached hydrogen (secondary N) is 1.